The van der Waals surface area contributed by atoms with Gasteiger partial charge >= 0.3 is 0 Å². The van der Waals surface area contributed by atoms with Crippen molar-refractivity contribution < 1.29 is 37.9 Å². The third kappa shape index (κ3) is 9.74. The molecule has 0 radical (unpaired) electrons. The van der Waals surface area contributed by atoms with Gasteiger partial charge in [0.25, 0.3) is 26.9 Å². The molecule has 0 aliphatic carbocycles. The second-order valence-electron chi connectivity index (χ2n) is 38.2. The van der Waals surface area contributed by atoms with Gasteiger partial charge in [0.2, 0.25) is 0 Å². The molecule has 0 saturated heterocycles. The van der Waals surface area contributed by atoms with Crippen LogP contribution in [0.5, 0.6) is 92.0 Å². The number of rotatable bonds is 6. The van der Waals surface area contributed by atoms with Crippen LogP contribution in [0.1, 0.15) is 11.1 Å². The lowest BCUT2D eigenvalue weighted by molar-refractivity contribution is 0.461. The van der Waals surface area contributed by atoms with Crippen LogP contribution in [0.2, 0.25) is 0 Å². The van der Waals surface area contributed by atoms with Crippen molar-refractivity contribution in [2.45, 2.75) is 13.8 Å². The summed E-state index contributed by atoms with van der Waals surface area (Å²) < 4.78 is 62.6. The van der Waals surface area contributed by atoms with Gasteiger partial charge in [-0.05, 0) is 263 Å². The highest BCUT2D eigenvalue weighted by molar-refractivity contribution is 7.03. The fourth-order valence-corrected chi connectivity index (χ4v) is 25.8. The van der Waals surface area contributed by atoms with Crippen LogP contribution >= 0.6 is 0 Å². The van der Waals surface area contributed by atoms with Gasteiger partial charge in [-0.3, -0.25) is 0 Å². The molecular weight excluding hydrogens is 1720 g/mol. The molecule has 0 atom stereocenters. The van der Waals surface area contributed by atoms with Gasteiger partial charge in [0.1, 0.15) is 92.0 Å². The first-order valence-corrected chi connectivity index (χ1v) is 48.0. The van der Waals surface area contributed by atoms with Crippen molar-refractivity contribution in [1.82, 2.24) is 18.3 Å². The SMILES string of the molecule is Cc1cc2c3ccccc3n3c2c2c1Oc1cccc4c1B2c1c(cccc1-3)O4.Cc1ccc2c3c1Oc1ccc4c5ccccc5n5c4c1B3c1c(cccc1-5)O2.c1ccc(N(c2ccccc2)c2cc3c4c(c2)Oc2ccc5c6ccccc6n6c5c2B4c2c(cccc2-6)O3)cc1.c1ccc(N(c2ccccc2)c2ccc3c4c2Oc2cccc5c2B4c2c(ccc4c6ccccc6n-5c24)O3)cc1. The predicted octanol–water partition coefficient (Wildman–Crippen LogP) is 22.9. The van der Waals surface area contributed by atoms with Gasteiger partial charge in [-0.15, -0.1) is 0 Å². The maximum Gasteiger partial charge on any atom is 0.266 e. The van der Waals surface area contributed by atoms with Crippen LogP contribution in [0.3, 0.4) is 0 Å². The van der Waals surface area contributed by atoms with Gasteiger partial charge in [-0.2, -0.15) is 0 Å². The summed E-state index contributed by atoms with van der Waals surface area (Å²) in [5.41, 5.74) is 37.6. The minimum Gasteiger partial charge on any atom is -0.458 e. The average molecular weight is 1790 g/mol. The maximum atomic E-state index is 6.95. The first-order chi connectivity index (χ1) is 69.3. The van der Waals surface area contributed by atoms with Crippen LogP contribution in [0.25, 0.3) is 110 Å². The molecule has 14 nitrogen and oxygen atoms in total. The number of nitrogens with zero attached hydrogens (tertiary/aromatic N) is 6. The zero-order valence-corrected chi connectivity index (χ0v) is 75.2. The van der Waals surface area contributed by atoms with Gasteiger partial charge in [-0.1, -0.05) is 182 Å². The monoisotopic (exact) mass is 1790 g/mol. The second kappa shape index (κ2) is 27.4. The third-order valence-electron chi connectivity index (χ3n) is 31.1. The van der Waals surface area contributed by atoms with E-state index in [9.17, 15) is 0 Å². The lowest BCUT2D eigenvalue weighted by atomic mass is 9.33. The predicted molar refractivity (Wildman–Crippen MR) is 567 cm³/mol. The minimum absolute atomic E-state index is 0.0116. The van der Waals surface area contributed by atoms with Crippen molar-refractivity contribution in [3.05, 3.63) is 399 Å². The number of aromatic nitrogens is 4. The molecule has 0 unspecified atom stereocenters. The number of fused-ring (bicyclic) bond motifs is 16. The highest BCUT2D eigenvalue weighted by Gasteiger charge is 2.53. The van der Waals surface area contributed by atoms with Crippen LogP contribution in [-0.4, -0.2) is 45.1 Å². The first kappa shape index (κ1) is 75.2. The summed E-state index contributed by atoms with van der Waals surface area (Å²) in [6.45, 7) is 4.61. The van der Waals surface area contributed by atoms with Gasteiger partial charge < -0.3 is 66.0 Å². The lowest BCUT2D eigenvalue weighted by Crippen LogP contribution is -2.60. The molecular formula is C122H70B4N6O8. The van der Waals surface area contributed by atoms with E-state index in [-0.39, 0.29) is 26.9 Å². The Kier molecular flexibility index (Phi) is 14.7. The van der Waals surface area contributed by atoms with Crippen molar-refractivity contribution in [2.75, 3.05) is 9.80 Å². The molecule has 18 heteroatoms. The molecule has 0 amide bonds. The van der Waals surface area contributed by atoms with Crippen molar-refractivity contribution in [2.24, 2.45) is 0 Å². The van der Waals surface area contributed by atoms with Crippen LogP contribution in [0.15, 0.2) is 388 Å². The summed E-state index contributed by atoms with van der Waals surface area (Å²) in [5.74, 6) is 14.5. The van der Waals surface area contributed by atoms with Crippen molar-refractivity contribution in [3.63, 3.8) is 0 Å². The van der Waals surface area contributed by atoms with E-state index in [0.29, 0.717) is 0 Å². The summed E-state index contributed by atoms with van der Waals surface area (Å²) in [7, 11) is 0. The van der Waals surface area contributed by atoms with E-state index in [1.54, 1.807) is 0 Å². The van der Waals surface area contributed by atoms with E-state index < -0.39 is 0 Å². The molecule has 16 heterocycles. The molecule has 0 saturated carbocycles. The molecule has 0 spiro atoms. The van der Waals surface area contributed by atoms with E-state index in [1.165, 1.54) is 165 Å². The Balaban J connectivity index is 0.0000000839. The fraction of sp³-hybridized carbons (Fsp3) is 0.0164. The summed E-state index contributed by atoms with van der Waals surface area (Å²) in [6, 6.07) is 137. The summed E-state index contributed by atoms with van der Waals surface area (Å²) in [4.78, 5) is 4.53. The van der Waals surface area contributed by atoms with Gasteiger partial charge in [0, 0.05) is 123 Å². The number of anilines is 6. The van der Waals surface area contributed by atoms with Crippen LogP contribution in [0.4, 0.5) is 34.1 Å². The standard InChI is InChI=1S/2C36H21BN2O2.2C25H14BNO2/c1-3-10-22(11-4-1)38(23-12-5-2-6-13-23)28-19-21-31-34-36(28)41-29-17-9-16-27-32(29)37(34)33-30(40-31)20-18-25-24-14-7-8-15-26(24)39(27)35(25)33;1-3-10-22(11-4-1)38(23-12-5-2-6-13-23)24-20-31-34-32(21-24)41-30-19-18-26-25-14-7-8-15-27(25)39-28-16-9-17-29(40-31)33(28)37(34)35(30)36(26)39;1-13-12-15-14-6-2-3-7-16(14)27-17-8-4-9-18-21(17)26-22-19(28-18)10-5-11-20(22)29-25(13)23(26)24(15)27;1-13-9-11-20-23-25(13)29-19-12-10-15-14-5-2-3-6-16(14)27-17-7-4-8-18(28-20)21(17)26(23)22(19)24(15)27/h2*1-21H;2*2-12H,1H3. The van der Waals surface area contributed by atoms with Gasteiger partial charge in [0.05, 0.1) is 55.5 Å². The highest BCUT2D eigenvalue weighted by atomic mass is 16.5. The molecule has 12 aliphatic rings. The Morgan fingerprint density at radius 3 is 0.900 bits per heavy atom. The summed E-state index contributed by atoms with van der Waals surface area (Å²) in [5, 5.41) is 10.1. The summed E-state index contributed by atoms with van der Waals surface area (Å²) in [6.07, 6.45) is 0. The molecule has 140 heavy (non-hydrogen) atoms. The number of aryl methyl sites for hydroxylation is 2. The summed E-state index contributed by atoms with van der Waals surface area (Å²) >= 11 is 0. The Morgan fingerprint density at radius 2 is 0.464 bits per heavy atom. The molecule has 648 valence electrons. The molecule has 12 aliphatic heterocycles. The molecule has 24 aromatic rings. The quantitative estimate of drug-likeness (QED) is 0.150. The second-order valence-corrected chi connectivity index (χ2v) is 38.2. The topological polar surface area (TPSA) is 100 Å². The Morgan fingerprint density at radius 1 is 0.179 bits per heavy atom. The first-order valence-electron chi connectivity index (χ1n) is 48.0. The molecule has 0 N–H and O–H groups in total. The maximum absolute atomic E-state index is 6.95. The molecule has 20 aromatic carbocycles. The van der Waals surface area contributed by atoms with Gasteiger partial charge in [0.15, 0.2) is 0 Å². The lowest BCUT2D eigenvalue weighted by Gasteiger charge is -2.39. The van der Waals surface area contributed by atoms with E-state index in [1.807, 2.05) is 18.2 Å². The zero-order valence-electron chi connectivity index (χ0n) is 75.2. The Labute approximate surface area is 802 Å². The van der Waals surface area contributed by atoms with Crippen molar-refractivity contribution in [1.29, 1.82) is 0 Å². The third-order valence-corrected chi connectivity index (χ3v) is 31.1. The van der Waals surface area contributed by atoms with E-state index in [0.717, 1.165) is 148 Å². The molecule has 36 rings (SSSR count). The number of benzene rings is 20. The van der Waals surface area contributed by atoms with E-state index in [2.05, 4.69) is 412 Å². The van der Waals surface area contributed by atoms with Crippen LogP contribution in [-0.2, 0) is 0 Å². The smallest absolute Gasteiger partial charge is 0.266 e. The number of hydrogen-bond donors (Lipinski definition) is 0. The largest absolute Gasteiger partial charge is 0.458 e. The molecule has 4 aromatic heterocycles. The van der Waals surface area contributed by atoms with Crippen LogP contribution in [0, 0.1) is 13.8 Å². The van der Waals surface area contributed by atoms with E-state index >= 15 is 0 Å². The minimum atomic E-state index is 0.0116. The normalized spacial score (nSPS) is 13.6. The zero-order chi connectivity index (χ0) is 91.0. The van der Waals surface area contributed by atoms with Crippen molar-refractivity contribution >= 4 is 214 Å². The Bertz CT molecular complexity index is 9720. The van der Waals surface area contributed by atoms with Crippen molar-refractivity contribution in [3.8, 4) is 115 Å². The number of hydrogen-bond acceptors (Lipinski definition) is 10. The number of ether oxygens (including phenoxy) is 8. The highest BCUT2D eigenvalue weighted by Crippen LogP contribution is 2.54. The fourth-order valence-electron chi connectivity index (χ4n) is 25.8. The van der Waals surface area contributed by atoms with Gasteiger partial charge in [-0.25, -0.2) is 0 Å². The van der Waals surface area contributed by atoms with Crippen LogP contribution < -0.4 is 113 Å². The molecule has 0 bridgehead atoms. The Hall–Kier alpha value is -18.1. The average Bonchev–Trinajstić information content (AvgIpc) is 1.45. The number of para-hydroxylation sites is 8. The molecule has 0 fully saturated rings. The van der Waals surface area contributed by atoms with E-state index in [4.69, 9.17) is 37.9 Å².